The first kappa shape index (κ1) is 16.4. The molecule has 2 N–H and O–H groups in total. The zero-order valence-electron chi connectivity index (χ0n) is 11.9. The van der Waals surface area contributed by atoms with Gasteiger partial charge >= 0.3 is 0 Å². The second-order valence-electron chi connectivity index (χ2n) is 4.79. The van der Waals surface area contributed by atoms with E-state index in [0.717, 1.165) is 27.9 Å². The number of benzene rings is 2. The number of halogens is 3. The van der Waals surface area contributed by atoms with Crippen molar-refractivity contribution in [2.45, 2.75) is 13.3 Å². The maximum Gasteiger partial charge on any atom is 0.226 e. The third kappa shape index (κ3) is 4.27. The van der Waals surface area contributed by atoms with Gasteiger partial charge in [0.1, 0.15) is 17.3 Å². The van der Waals surface area contributed by atoms with Crippen LogP contribution in [0.15, 0.2) is 40.9 Å². The van der Waals surface area contributed by atoms with Crippen molar-refractivity contribution in [3.63, 3.8) is 0 Å². The molecule has 0 spiro atoms. The number of para-hydroxylation sites is 1. The first-order valence-electron chi connectivity index (χ1n) is 6.71. The van der Waals surface area contributed by atoms with E-state index < -0.39 is 23.2 Å². The van der Waals surface area contributed by atoms with E-state index in [9.17, 15) is 13.6 Å². The summed E-state index contributed by atoms with van der Waals surface area (Å²) in [5, 5.41) is 5.33. The summed E-state index contributed by atoms with van der Waals surface area (Å²) in [7, 11) is 0. The minimum atomic E-state index is -0.788. The summed E-state index contributed by atoms with van der Waals surface area (Å²) in [6.45, 7) is 2.33. The van der Waals surface area contributed by atoms with Gasteiger partial charge in [0.25, 0.3) is 0 Å². The number of carbonyl (C=O) groups is 1. The molecule has 6 heteroatoms. The number of hydrogen-bond donors (Lipinski definition) is 2. The lowest BCUT2D eigenvalue weighted by molar-refractivity contribution is -0.116. The standard InChI is InChI=1S/C16H15BrF2N2O/c1-10-5-6-11(9-12(10)17)20-8-7-15(22)21-16-13(18)3-2-4-14(16)19/h2-6,9,20H,7-8H2,1H3,(H,21,22). The van der Waals surface area contributed by atoms with Crippen LogP contribution >= 0.6 is 15.9 Å². The van der Waals surface area contributed by atoms with Crippen LogP contribution in [0.25, 0.3) is 0 Å². The van der Waals surface area contributed by atoms with Gasteiger partial charge in [0.2, 0.25) is 5.91 Å². The Morgan fingerprint density at radius 3 is 2.50 bits per heavy atom. The van der Waals surface area contributed by atoms with Crippen LogP contribution < -0.4 is 10.6 Å². The Balaban J connectivity index is 1.86. The lowest BCUT2D eigenvalue weighted by Gasteiger charge is -2.09. The lowest BCUT2D eigenvalue weighted by Crippen LogP contribution is -2.17. The van der Waals surface area contributed by atoms with Crippen molar-refractivity contribution >= 4 is 33.2 Å². The summed E-state index contributed by atoms with van der Waals surface area (Å²) in [5.74, 6) is -2.03. The predicted molar refractivity (Wildman–Crippen MR) is 87.0 cm³/mol. The summed E-state index contributed by atoms with van der Waals surface area (Å²) in [6.07, 6.45) is 0.0965. The van der Waals surface area contributed by atoms with Gasteiger partial charge in [0.05, 0.1) is 0 Å². The van der Waals surface area contributed by atoms with Gasteiger partial charge in [-0.2, -0.15) is 0 Å². The van der Waals surface area contributed by atoms with Crippen molar-refractivity contribution in [2.75, 3.05) is 17.2 Å². The number of anilines is 2. The highest BCUT2D eigenvalue weighted by Gasteiger charge is 2.11. The zero-order valence-corrected chi connectivity index (χ0v) is 13.5. The molecule has 0 unspecified atom stereocenters. The number of amides is 1. The van der Waals surface area contributed by atoms with Crippen LogP contribution in [0.4, 0.5) is 20.2 Å². The quantitative estimate of drug-likeness (QED) is 0.816. The summed E-state index contributed by atoms with van der Waals surface area (Å²) in [6, 6.07) is 9.19. The molecule has 22 heavy (non-hydrogen) atoms. The second kappa shape index (κ2) is 7.35. The van der Waals surface area contributed by atoms with E-state index in [4.69, 9.17) is 0 Å². The molecule has 0 bridgehead atoms. The maximum atomic E-state index is 13.4. The van der Waals surface area contributed by atoms with Crippen LogP contribution in [-0.2, 0) is 4.79 Å². The molecule has 0 atom stereocenters. The highest BCUT2D eigenvalue weighted by atomic mass is 79.9. The topological polar surface area (TPSA) is 41.1 Å². The average Bonchev–Trinajstić information content (AvgIpc) is 2.47. The number of nitrogens with one attached hydrogen (secondary N) is 2. The average molecular weight is 369 g/mol. The van der Waals surface area contributed by atoms with Gasteiger partial charge in [-0.1, -0.05) is 28.1 Å². The minimum Gasteiger partial charge on any atom is -0.384 e. The first-order chi connectivity index (χ1) is 10.5. The Kier molecular flexibility index (Phi) is 5.49. The van der Waals surface area contributed by atoms with E-state index in [2.05, 4.69) is 26.6 Å². The van der Waals surface area contributed by atoms with E-state index in [1.165, 1.54) is 6.07 Å². The molecule has 2 rings (SSSR count). The molecular weight excluding hydrogens is 354 g/mol. The van der Waals surface area contributed by atoms with Gasteiger partial charge in [-0.25, -0.2) is 8.78 Å². The zero-order chi connectivity index (χ0) is 16.1. The monoisotopic (exact) mass is 368 g/mol. The fourth-order valence-electron chi connectivity index (χ4n) is 1.84. The molecule has 0 aliphatic carbocycles. The summed E-state index contributed by atoms with van der Waals surface area (Å²) < 4.78 is 27.8. The lowest BCUT2D eigenvalue weighted by atomic mass is 10.2. The first-order valence-corrected chi connectivity index (χ1v) is 7.50. The molecule has 0 aliphatic rings. The fraction of sp³-hybridized carbons (Fsp3) is 0.188. The molecule has 0 saturated carbocycles. The van der Waals surface area contributed by atoms with Crippen molar-refractivity contribution in [1.29, 1.82) is 0 Å². The van der Waals surface area contributed by atoms with Crippen molar-refractivity contribution in [2.24, 2.45) is 0 Å². The van der Waals surface area contributed by atoms with Crippen molar-refractivity contribution in [1.82, 2.24) is 0 Å². The van der Waals surface area contributed by atoms with Gasteiger partial charge < -0.3 is 10.6 Å². The molecule has 0 radical (unpaired) electrons. The van der Waals surface area contributed by atoms with Gasteiger partial charge in [0.15, 0.2) is 0 Å². The molecule has 116 valence electrons. The van der Waals surface area contributed by atoms with E-state index in [0.29, 0.717) is 6.54 Å². The predicted octanol–water partition coefficient (Wildman–Crippen LogP) is 4.48. The smallest absolute Gasteiger partial charge is 0.226 e. The second-order valence-corrected chi connectivity index (χ2v) is 5.64. The number of carbonyl (C=O) groups excluding carboxylic acids is 1. The van der Waals surface area contributed by atoms with Crippen LogP contribution in [0.3, 0.4) is 0 Å². The summed E-state index contributed by atoms with van der Waals surface area (Å²) in [4.78, 5) is 11.7. The largest absolute Gasteiger partial charge is 0.384 e. The molecule has 0 aromatic heterocycles. The van der Waals surface area contributed by atoms with E-state index in [1.807, 2.05) is 25.1 Å². The van der Waals surface area contributed by atoms with E-state index in [1.54, 1.807) is 0 Å². The maximum absolute atomic E-state index is 13.4. The fourth-order valence-corrected chi connectivity index (χ4v) is 2.22. The third-order valence-corrected chi connectivity index (χ3v) is 3.93. The Morgan fingerprint density at radius 1 is 1.18 bits per heavy atom. The van der Waals surface area contributed by atoms with Gasteiger partial charge in [-0.05, 0) is 36.8 Å². The molecule has 0 aliphatic heterocycles. The van der Waals surface area contributed by atoms with Gasteiger partial charge in [0, 0.05) is 23.1 Å². The van der Waals surface area contributed by atoms with Crippen LogP contribution in [0, 0.1) is 18.6 Å². The number of aryl methyl sites for hydroxylation is 1. The number of hydrogen-bond acceptors (Lipinski definition) is 2. The molecule has 0 heterocycles. The Bertz CT molecular complexity index is 672. The molecule has 2 aromatic rings. The Labute approximate surface area is 135 Å². The summed E-state index contributed by atoms with van der Waals surface area (Å²) >= 11 is 3.42. The van der Waals surface area contributed by atoms with Crippen LogP contribution in [0.1, 0.15) is 12.0 Å². The molecular formula is C16H15BrF2N2O. The SMILES string of the molecule is Cc1ccc(NCCC(=O)Nc2c(F)cccc2F)cc1Br. The highest BCUT2D eigenvalue weighted by Crippen LogP contribution is 2.21. The van der Waals surface area contributed by atoms with Crippen LogP contribution in [0.5, 0.6) is 0 Å². The van der Waals surface area contributed by atoms with Crippen LogP contribution in [0.2, 0.25) is 0 Å². The Hall–Kier alpha value is -1.95. The van der Waals surface area contributed by atoms with Crippen molar-refractivity contribution in [3.05, 3.63) is 58.1 Å². The third-order valence-electron chi connectivity index (χ3n) is 3.08. The van der Waals surface area contributed by atoms with Crippen molar-refractivity contribution < 1.29 is 13.6 Å². The Morgan fingerprint density at radius 2 is 1.86 bits per heavy atom. The molecule has 0 saturated heterocycles. The molecule has 3 nitrogen and oxygen atoms in total. The van der Waals surface area contributed by atoms with Gasteiger partial charge in [-0.3, -0.25) is 4.79 Å². The highest BCUT2D eigenvalue weighted by molar-refractivity contribution is 9.10. The van der Waals surface area contributed by atoms with Gasteiger partial charge in [-0.15, -0.1) is 0 Å². The van der Waals surface area contributed by atoms with E-state index >= 15 is 0 Å². The van der Waals surface area contributed by atoms with Crippen LogP contribution in [-0.4, -0.2) is 12.5 Å². The summed E-state index contributed by atoms with van der Waals surface area (Å²) in [5.41, 5.74) is 1.56. The van der Waals surface area contributed by atoms with E-state index in [-0.39, 0.29) is 6.42 Å². The molecule has 0 fully saturated rings. The minimum absolute atomic E-state index is 0.0965. The molecule has 1 amide bonds. The number of rotatable bonds is 5. The van der Waals surface area contributed by atoms with Crippen molar-refractivity contribution in [3.8, 4) is 0 Å². The molecule has 2 aromatic carbocycles. The normalized spacial score (nSPS) is 10.4.